The number of nitrogens with zero attached hydrogens (tertiary/aromatic N) is 1. The molecule has 1 atom stereocenters. The topological polar surface area (TPSA) is 77.1 Å². The normalized spacial score (nSPS) is 18.1. The molecule has 0 aromatic heterocycles. The highest BCUT2D eigenvalue weighted by Crippen LogP contribution is 2.37. The molecule has 0 radical (unpaired) electrons. The number of nitrogens with one attached hydrogen (secondary N) is 1. The van der Waals surface area contributed by atoms with E-state index in [9.17, 15) is 9.59 Å². The summed E-state index contributed by atoms with van der Waals surface area (Å²) in [6.07, 6.45) is 3.01. The van der Waals surface area contributed by atoms with Crippen LogP contribution in [0.3, 0.4) is 0 Å². The Hall–Kier alpha value is -3.06. The summed E-state index contributed by atoms with van der Waals surface area (Å²) < 4.78 is 16.4. The highest BCUT2D eigenvalue weighted by Gasteiger charge is 2.24. The fourth-order valence-electron chi connectivity index (χ4n) is 4.18. The van der Waals surface area contributed by atoms with Crippen LogP contribution in [0.4, 0.5) is 5.69 Å². The van der Waals surface area contributed by atoms with Gasteiger partial charge in [0.15, 0.2) is 11.5 Å². The van der Waals surface area contributed by atoms with Gasteiger partial charge < -0.3 is 24.4 Å². The third-order valence-corrected chi connectivity index (χ3v) is 5.94. The minimum atomic E-state index is -0.277. The minimum Gasteiger partial charge on any atom is -0.493 e. The van der Waals surface area contributed by atoms with Crippen LogP contribution in [0.1, 0.15) is 51.5 Å². The van der Waals surface area contributed by atoms with Crippen molar-refractivity contribution in [2.24, 2.45) is 0 Å². The first-order chi connectivity index (χ1) is 15.1. The summed E-state index contributed by atoms with van der Waals surface area (Å²) in [5.41, 5.74) is 2.57. The molecule has 4 rings (SSSR count). The first kappa shape index (κ1) is 21.2. The van der Waals surface area contributed by atoms with Crippen LogP contribution in [0.5, 0.6) is 11.5 Å². The van der Waals surface area contributed by atoms with Crippen molar-refractivity contribution in [1.29, 1.82) is 0 Å². The molecule has 2 aromatic carbocycles. The van der Waals surface area contributed by atoms with Crippen molar-refractivity contribution in [3.63, 3.8) is 0 Å². The highest BCUT2D eigenvalue weighted by atomic mass is 16.5. The average molecular weight is 424 g/mol. The van der Waals surface area contributed by atoms with E-state index in [1.54, 1.807) is 12.1 Å². The van der Waals surface area contributed by atoms with E-state index in [4.69, 9.17) is 14.2 Å². The standard InChI is InChI=1S/C24H28N2O5/c1-29-21-14-19(24(28)26-10-3-4-11-26)13-20(22(21)30-2)25-23(27)17-7-5-16(6-8-17)18-9-12-31-15-18/h5-8,13-14,18H,3-4,9-12,15H2,1-2H3,(H,25,27). The van der Waals surface area contributed by atoms with Crippen LogP contribution in [-0.4, -0.2) is 57.2 Å². The zero-order chi connectivity index (χ0) is 21.8. The number of carbonyl (C=O) groups is 2. The van der Waals surface area contributed by atoms with Crippen LogP contribution in [-0.2, 0) is 4.74 Å². The Balaban J connectivity index is 1.57. The number of hydrogen-bond donors (Lipinski definition) is 1. The summed E-state index contributed by atoms with van der Waals surface area (Å²) in [4.78, 5) is 27.6. The molecule has 2 aromatic rings. The lowest BCUT2D eigenvalue weighted by atomic mass is 9.97. The quantitative estimate of drug-likeness (QED) is 0.765. The Labute approximate surface area is 182 Å². The molecule has 2 heterocycles. The SMILES string of the molecule is COc1cc(C(=O)N2CCCC2)cc(NC(=O)c2ccc(C3CCOC3)cc2)c1OC. The van der Waals surface area contributed by atoms with Crippen LogP contribution >= 0.6 is 0 Å². The van der Waals surface area contributed by atoms with Gasteiger partial charge in [-0.15, -0.1) is 0 Å². The van der Waals surface area contributed by atoms with E-state index in [1.807, 2.05) is 29.2 Å². The van der Waals surface area contributed by atoms with Gasteiger partial charge in [0.25, 0.3) is 11.8 Å². The molecule has 1 N–H and O–H groups in total. The zero-order valence-corrected chi connectivity index (χ0v) is 18.0. The molecule has 31 heavy (non-hydrogen) atoms. The lowest BCUT2D eigenvalue weighted by Gasteiger charge is -2.19. The van der Waals surface area contributed by atoms with Gasteiger partial charge in [0.2, 0.25) is 0 Å². The number of amides is 2. The van der Waals surface area contributed by atoms with Gasteiger partial charge in [-0.1, -0.05) is 12.1 Å². The van der Waals surface area contributed by atoms with Gasteiger partial charge in [-0.25, -0.2) is 0 Å². The minimum absolute atomic E-state index is 0.0721. The molecule has 0 bridgehead atoms. The van der Waals surface area contributed by atoms with Crippen LogP contribution in [0, 0.1) is 0 Å². The summed E-state index contributed by atoms with van der Waals surface area (Å²) >= 11 is 0. The van der Waals surface area contributed by atoms with E-state index < -0.39 is 0 Å². The van der Waals surface area contributed by atoms with E-state index in [1.165, 1.54) is 19.8 Å². The summed E-state index contributed by atoms with van der Waals surface area (Å²) in [6, 6.07) is 10.9. The van der Waals surface area contributed by atoms with Crippen LogP contribution in [0.2, 0.25) is 0 Å². The summed E-state index contributed by atoms with van der Waals surface area (Å²) in [5.74, 6) is 0.820. The van der Waals surface area contributed by atoms with Crippen LogP contribution in [0.15, 0.2) is 36.4 Å². The van der Waals surface area contributed by atoms with Crippen molar-refractivity contribution in [1.82, 2.24) is 4.90 Å². The lowest BCUT2D eigenvalue weighted by Crippen LogP contribution is -2.27. The largest absolute Gasteiger partial charge is 0.493 e. The number of benzene rings is 2. The first-order valence-electron chi connectivity index (χ1n) is 10.6. The van der Waals surface area contributed by atoms with Gasteiger partial charge in [-0.05, 0) is 49.1 Å². The molecule has 2 aliphatic heterocycles. The highest BCUT2D eigenvalue weighted by molar-refractivity contribution is 6.06. The summed E-state index contributed by atoms with van der Waals surface area (Å²) in [7, 11) is 3.02. The fraction of sp³-hybridized carbons (Fsp3) is 0.417. The smallest absolute Gasteiger partial charge is 0.255 e. The third-order valence-electron chi connectivity index (χ3n) is 5.94. The molecule has 2 aliphatic rings. The van der Waals surface area contributed by atoms with E-state index >= 15 is 0 Å². The maximum Gasteiger partial charge on any atom is 0.255 e. The summed E-state index contributed by atoms with van der Waals surface area (Å²) in [6.45, 7) is 2.99. The van der Waals surface area contributed by atoms with E-state index in [2.05, 4.69) is 5.32 Å². The molecule has 164 valence electrons. The van der Waals surface area contributed by atoms with E-state index in [-0.39, 0.29) is 11.8 Å². The van der Waals surface area contributed by atoms with Crippen molar-refractivity contribution >= 4 is 17.5 Å². The Morgan fingerprint density at radius 3 is 2.39 bits per heavy atom. The Bertz CT molecular complexity index is 945. The molecule has 0 saturated carbocycles. The predicted octanol–water partition coefficient (Wildman–Crippen LogP) is 3.70. The molecular weight excluding hydrogens is 396 g/mol. The number of anilines is 1. The Morgan fingerprint density at radius 2 is 1.77 bits per heavy atom. The monoisotopic (exact) mass is 424 g/mol. The second kappa shape index (κ2) is 9.39. The lowest BCUT2D eigenvalue weighted by molar-refractivity contribution is 0.0792. The number of hydrogen-bond acceptors (Lipinski definition) is 5. The Kier molecular flexibility index (Phi) is 6.42. The van der Waals surface area contributed by atoms with E-state index in [0.717, 1.165) is 45.6 Å². The van der Waals surface area contributed by atoms with Crippen molar-refractivity contribution < 1.29 is 23.8 Å². The zero-order valence-electron chi connectivity index (χ0n) is 18.0. The molecule has 7 nitrogen and oxygen atoms in total. The second-order valence-corrected chi connectivity index (χ2v) is 7.90. The van der Waals surface area contributed by atoms with E-state index in [0.29, 0.717) is 34.2 Å². The van der Waals surface area contributed by atoms with Crippen molar-refractivity contribution in [2.75, 3.05) is 45.8 Å². The van der Waals surface area contributed by atoms with Gasteiger partial charge in [0.1, 0.15) is 0 Å². The number of likely N-dealkylation sites (tertiary alicyclic amines) is 1. The van der Waals surface area contributed by atoms with Gasteiger partial charge in [0.05, 0.1) is 26.5 Å². The van der Waals surface area contributed by atoms with Gasteiger partial charge in [-0.2, -0.15) is 0 Å². The maximum atomic E-state index is 12.9. The van der Waals surface area contributed by atoms with Gasteiger partial charge in [-0.3, -0.25) is 9.59 Å². The predicted molar refractivity (Wildman–Crippen MR) is 117 cm³/mol. The number of methoxy groups -OCH3 is 2. The van der Waals surface area contributed by atoms with Gasteiger partial charge >= 0.3 is 0 Å². The van der Waals surface area contributed by atoms with Crippen molar-refractivity contribution in [3.05, 3.63) is 53.1 Å². The average Bonchev–Trinajstić information content (AvgIpc) is 3.52. The van der Waals surface area contributed by atoms with Crippen molar-refractivity contribution in [3.8, 4) is 11.5 Å². The van der Waals surface area contributed by atoms with Crippen molar-refractivity contribution in [2.45, 2.75) is 25.2 Å². The molecule has 0 aliphatic carbocycles. The fourth-order valence-corrected chi connectivity index (χ4v) is 4.18. The third kappa shape index (κ3) is 4.51. The molecular formula is C24H28N2O5. The molecule has 2 fully saturated rings. The number of ether oxygens (including phenoxy) is 3. The van der Waals surface area contributed by atoms with Gasteiger partial charge in [0, 0.05) is 36.7 Å². The molecule has 2 saturated heterocycles. The van der Waals surface area contributed by atoms with Crippen LogP contribution < -0.4 is 14.8 Å². The molecule has 7 heteroatoms. The number of carbonyl (C=O) groups excluding carboxylic acids is 2. The first-order valence-corrected chi connectivity index (χ1v) is 10.6. The van der Waals surface area contributed by atoms with Crippen LogP contribution in [0.25, 0.3) is 0 Å². The molecule has 2 amide bonds. The molecule has 1 unspecified atom stereocenters. The second-order valence-electron chi connectivity index (χ2n) is 7.90. The molecule has 0 spiro atoms. The Morgan fingerprint density at radius 1 is 1.03 bits per heavy atom. The summed E-state index contributed by atoms with van der Waals surface area (Å²) in [5, 5.41) is 2.89. The number of rotatable bonds is 6. The maximum absolute atomic E-state index is 12.9.